The number of hydrogen-bond acceptors (Lipinski definition) is 2. The second-order valence-electron chi connectivity index (χ2n) is 9.31. The fourth-order valence-electron chi connectivity index (χ4n) is 3.21. The molecule has 2 nitrogen and oxygen atoms in total. The molecule has 0 fully saturated rings. The van der Waals surface area contributed by atoms with Crippen LogP contribution in [0, 0.1) is 0 Å². The zero-order valence-electron chi connectivity index (χ0n) is 14.9. The van der Waals surface area contributed by atoms with Gasteiger partial charge in [-0.1, -0.05) is 0 Å². The molecule has 0 aliphatic rings. The van der Waals surface area contributed by atoms with Crippen LogP contribution in [0.3, 0.4) is 0 Å². The van der Waals surface area contributed by atoms with Gasteiger partial charge in [-0.15, -0.1) is 0 Å². The molecule has 110 valence electrons. The summed E-state index contributed by atoms with van der Waals surface area (Å²) in [7, 11) is 0. The van der Waals surface area contributed by atoms with Crippen LogP contribution in [0.1, 0.15) is 0 Å². The molecule has 0 aliphatic heterocycles. The van der Waals surface area contributed by atoms with Gasteiger partial charge >= 0.3 is 137 Å². The first-order chi connectivity index (χ1) is 7.49. The van der Waals surface area contributed by atoms with Gasteiger partial charge in [-0.25, -0.2) is 0 Å². The maximum absolute atomic E-state index is 3.15. The minimum absolute atomic E-state index is 2.04. The topological polar surface area (TPSA) is 6.48 Å². The molecule has 0 amide bonds. The Morgan fingerprint density at radius 2 is 0.444 bits per heavy atom. The van der Waals surface area contributed by atoms with Gasteiger partial charge in [0.1, 0.15) is 0 Å². The van der Waals surface area contributed by atoms with E-state index in [1.165, 1.54) is 0 Å². The van der Waals surface area contributed by atoms with E-state index >= 15 is 0 Å². The van der Waals surface area contributed by atoms with Crippen molar-refractivity contribution < 1.29 is 0 Å². The molecule has 18 heavy (non-hydrogen) atoms. The standard InChI is InChI=1S/12CH3.N2.4Sn/c;;;;;;;;;;;;1-2;;;;/h12*1H3;;;;;. The second kappa shape index (κ2) is 6.70. The van der Waals surface area contributed by atoms with Crippen molar-refractivity contribution in [3.8, 4) is 0 Å². The van der Waals surface area contributed by atoms with Crippen molar-refractivity contribution in [1.29, 1.82) is 0 Å². The molecule has 0 aromatic carbocycles. The fraction of sp³-hybridized carbons (Fsp3) is 1.00. The van der Waals surface area contributed by atoms with E-state index in [0.717, 1.165) is 0 Å². The van der Waals surface area contributed by atoms with Crippen LogP contribution in [-0.2, 0) is 0 Å². The molecule has 6 heteroatoms. The first kappa shape index (κ1) is 21.1. The molecule has 0 bridgehead atoms. The summed E-state index contributed by atoms with van der Waals surface area (Å²) in [6, 6.07) is 0. The SMILES string of the molecule is [CH3][Sn]([CH3])([CH3])[N]([N]([Sn]([CH3])([CH3])[CH3])[Sn]([CH3])([CH3])[CH3])[Sn]([CH3])([CH3])[CH3]. The Balaban J connectivity index is 5.84. The van der Waals surface area contributed by atoms with E-state index in [0.29, 0.717) is 0 Å². The van der Waals surface area contributed by atoms with Crippen molar-refractivity contribution in [2.45, 2.75) is 59.3 Å². The molecule has 0 aromatic heterocycles. The van der Waals surface area contributed by atoms with Gasteiger partial charge < -0.3 is 0 Å². The summed E-state index contributed by atoms with van der Waals surface area (Å²) in [6.45, 7) is 0. The summed E-state index contributed by atoms with van der Waals surface area (Å²) in [5, 5.41) is 0. The van der Waals surface area contributed by atoms with Gasteiger partial charge in [-0.2, -0.15) is 0 Å². The van der Waals surface area contributed by atoms with Crippen LogP contribution in [0.15, 0.2) is 0 Å². The predicted molar refractivity (Wildman–Crippen MR) is 97.1 cm³/mol. The van der Waals surface area contributed by atoms with Gasteiger partial charge in [-0.05, 0) is 0 Å². The van der Waals surface area contributed by atoms with Crippen molar-refractivity contribution in [2.75, 3.05) is 0 Å². The third-order valence-corrected chi connectivity index (χ3v) is 77.4. The number of hydrazine groups is 1. The van der Waals surface area contributed by atoms with Crippen LogP contribution >= 0.6 is 0 Å². The van der Waals surface area contributed by atoms with Crippen molar-refractivity contribution >= 4 is 74.6 Å². The van der Waals surface area contributed by atoms with E-state index < -0.39 is 74.6 Å². The molecule has 0 saturated carbocycles. The van der Waals surface area contributed by atoms with Crippen LogP contribution < -0.4 is 0 Å². The predicted octanol–water partition coefficient (Wildman–Crippen LogP) is 4.85. The van der Waals surface area contributed by atoms with E-state index in [-0.39, 0.29) is 0 Å². The van der Waals surface area contributed by atoms with E-state index in [2.05, 4.69) is 62.2 Å². The Hall–Kier alpha value is 3.11. The first-order valence-corrected chi connectivity index (χ1v) is 46.4. The summed E-state index contributed by atoms with van der Waals surface area (Å²) in [6.07, 6.45) is 0. The molecule has 0 saturated heterocycles. The average Bonchev–Trinajstić information content (AvgIpc) is 1.89. The molecule has 0 aromatic rings. The van der Waals surface area contributed by atoms with Gasteiger partial charge in [0.05, 0.1) is 0 Å². The Kier molecular flexibility index (Phi) is 7.86. The molecule has 0 atom stereocenters. The van der Waals surface area contributed by atoms with Crippen molar-refractivity contribution in [3.05, 3.63) is 0 Å². The summed E-state index contributed by atoms with van der Waals surface area (Å²) in [4.78, 5) is 31.5. The summed E-state index contributed by atoms with van der Waals surface area (Å²) >= 11 is -8.15. The molecular formula is C12H36N2Sn4. The van der Waals surface area contributed by atoms with Crippen molar-refractivity contribution in [3.63, 3.8) is 0 Å². The molecule has 0 rings (SSSR count). The molecule has 0 radical (unpaired) electrons. The van der Waals surface area contributed by atoms with E-state index in [1.807, 2.05) is 0 Å². The third-order valence-electron chi connectivity index (χ3n) is 2.74. The number of hydrogen-bond donors (Lipinski definition) is 0. The Labute approximate surface area is 134 Å². The van der Waals surface area contributed by atoms with Crippen LogP contribution in [0.5, 0.6) is 0 Å². The summed E-state index contributed by atoms with van der Waals surface area (Å²) < 4.78 is 6.30. The minimum atomic E-state index is -2.04. The van der Waals surface area contributed by atoms with E-state index in [1.54, 1.807) is 0 Å². The third kappa shape index (κ3) is 6.48. The van der Waals surface area contributed by atoms with E-state index in [4.69, 9.17) is 0 Å². The quantitative estimate of drug-likeness (QED) is 0.303. The van der Waals surface area contributed by atoms with Gasteiger partial charge in [0.15, 0.2) is 0 Å². The second-order valence-corrected chi connectivity index (χ2v) is 71.0. The zero-order valence-corrected chi connectivity index (χ0v) is 26.3. The average molecular weight is 683 g/mol. The van der Waals surface area contributed by atoms with Crippen LogP contribution in [-0.4, -0.2) is 77.5 Å². The van der Waals surface area contributed by atoms with Crippen LogP contribution in [0.2, 0.25) is 59.3 Å². The van der Waals surface area contributed by atoms with Gasteiger partial charge in [0.2, 0.25) is 0 Å². The fourth-order valence-corrected chi connectivity index (χ4v) is 145. The van der Waals surface area contributed by atoms with Crippen LogP contribution in [0.25, 0.3) is 0 Å². The molecule has 0 N–H and O–H groups in total. The summed E-state index contributed by atoms with van der Waals surface area (Å²) in [5.74, 6) is 0. The molecule has 0 aliphatic carbocycles. The number of nitrogens with zero attached hydrogens (tertiary/aromatic N) is 2. The Morgan fingerprint density at radius 3 is 0.500 bits per heavy atom. The Bertz CT molecular complexity index is 220. The monoisotopic (exact) mass is 688 g/mol. The van der Waals surface area contributed by atoms with Gasteiger partial charge in [0.25, 0.3) is 0 Å². The molecular weight excluding hydrogens is 647 g/mol. The van der Waals surface area contributed by atoms with Crippen molar-refractivity contribution in [2.24, 2.45) is 0 Å². The van der Waals surface area contributed by atoms with Gasteiger partial charge in [0, 0.05) is 0 Å². The Morgan fingerprint density at radius 1 is 0.333 bits per heavy atom. The summed E-state index contributed by atoms with van der Waals surface area (Å²) in [5.41, 5.74) is 0. The zero-order chi connectivity index (χ0) is 15.2. The molecule has 0 heterocycles. The van der Waals surface area contributed by atoms with Crippen molar-refractivity contribution in [1.82, 2.24) is 2.90 Å². The number of rotatable bonds is 5. The first-order valence-electron chi connectivity index (χ1n) is 7.09. The van der Waals surface area contributed by atoms with Crippen LogP contribution in [0.4, 0.5) is 0 Å². The molecule has 0 unspecified atom stereocenters. The maximum atomic E-state index is 3.15. The molecule has 0 spiro atoms. The normalized spacial score (nSPS) is 15.7. The van der Waals surface area contributed by atoms with Gasteiger partial charge in [-0.3, -0.25) is 0 Å². The van der Waals surface area contributed by atoms with E-state index in [9.17, 15) is 0 Å².